The van der Waals surface area contributed by atoms with Crippen LogP contribution in [0, 0.1) is 11.7 Å². The fourth-order valence-electron chi connectivity index (χ4n) is 2.03. The van der Waals surface area contributed by atoms with Gasteiger partial charge in [0.1, 0.15) is 12.4 Å². The summed E-state index contributed by atoms with van der Waals surface area (Å²) in [4.78, 5) is 12.0. The van der Waals surface area contributed by atoms with Crippen LogP contribution in [0.2, 0.25) is 0 Å². The van der Waals surface area contributed by atoms with Crippen molar-refractivity contribution in [2.75, 3.05) is 0 Å². The number of aryl methyl sites for hydroxylation is 2. The highest BCUT2D eigenvalue weighted by atomic mass is 32.1. The largest absolute Gasteiger partial charge is 0.350 e. The quantitative estimate of drug-likeness (QED) is 0.806. The number of amides is 1. The van der Waals surface area contributed by atoms with Gasteiger partial charge in [-0.3, -0.25) is 14.5 Å². The lowest BCUT2D eigenvalue weighted by atomic mass is 10.1. The van der Waals surface area contributed by atoms with E-state index in [0.717, 1.165) is 24.2 Å². The van der Waals surface area contributed by atoms with Crippen LogP contribution in [0.5, 0.6) is 0 Å². The highest BCUT2D eigenvalue weighted by Gasteiger charge is 2.09. The third-order valence-electron chi connectivity index (χ3n) is 3.22. The van der Waals surface area contributed by atoms with Crippen molar-refractivity contribution in [3.8, 4) is 0 Å². The third-order valence-corrected chi connectivity index (χ3v) is 3.53. The fourth-order valence-corrected chi connectivity index (χ4v) is 2.25. The molecular weight excluding hydrogens is 284 g/mol. The Balaban J connectivity index is 1.94. The lowest BCUT2D eigenvalue weighted by Crippen LogP contribution is -2.27. The molecule has 0 radical (unpaired) electrons. The third kappa shape index (κ3) is 4.26. The van der Waals surface area contributed by atoms with Gasteiger partial charge in [-0.2, -0.15) is 5.10 Å². The molecule has 6 heteroatoms. The van der Waals surface area contributed by atoms with Crippen molar-refractivity contribution in [3.63, 3.8) is 0 Å². The zero-order valence-corrected chi connectivity index (χ0v) is 13.2. The first-order valence-corrected chi connectivity index (χ1v) is 7.47. The Morgan fingerprint density at radius 3 is 2.76 bits per heavy atom. The van der Waals surface area contributed by atoms with Crippen molar-refractivity contribution in [3.05, 3.63) is 46.0 Å². The highest BCUT2D eigenvalue weighted by molar-refractivity contribution is 7.71. The minimum absolute atomic E-state index is 0.0644. The number of hydrogen-bond acceptors (Lipinski definition) is 3. The number of carbonyl (C=O) groups excluding carboxylic acids is 1. The molecule has 2 rings (SSSR count). The Morgan fingerprint density at radius 2 is 2.10 bits per heavy atom. The van der Waals surface area contributed by atoms with E-state index in [9.17, 15) is 4.79 Å². The van der Waals surface area contributed by atoms with E-state index in [4.69, 9.17) is 12.2 Å². The van der Waals surface area contributed by atoms with E-state index in [2.05, 4.69) is 22.4 Å². The van der Waals surface area contributed by atoms with Crippen molar-refractivity contribution in [1.82, 2.24) is 20.1 Å². The Kier molecular flexibility index (Phi) is 5.27. The van der Waals surface area contributed by atoms with Gasteiger partial charge in [0.25, 0.3) is 0 Å². The molecule has 0 saturated heterocycles. The summed E-state index contributed by atoms with van der Waals surface area (Å²) >= 11 is 5.16. The predicted octanol–water partition coefficient (Wildman–Crippen LogP) is 2.52. The summed E-state index contributed by atoms with van der Waals surface area (Å²) in [6.45, 7) is 4.84. The van der Waals surface area contributed by atoms with Crippen molar-refractivity contribution >= 4 is 18.1 Å². The number of aromatic amines is 1. The molecule has 0 saturated carbocycles. The van der Waals surface area contributed by atoms with Gasteiger partial charge in [0, 0.05) is 13.0 Å². The second-order valence-electron chi connectivity index (χ2n) is 5.04. The maximum absolute atomic E-state index is 12.0. The van der Waals surface area contributed by atoms with Gasteiger partial charge in [-0.1, -0.05) is 36.8 Å². The summed E-state index contributed by atoms with van der Waals surface area (Å²) in [5, 5.41) is 9.80. The first kappa shape index (κ1) is 15.4. The van der Waals surface area contributed by atoms with E-state index in [1.807, 2.05) is 31.2 Å². The fraction of sp³-hybridized carbons (Fsp3) is 0.400. The Bertz CT molecular complexity index is 657. The van der Waals surface area contributed by atoms with Crippen molar-refractivity contribution in [2.24, 2.45) is 0 Å². The standard InChI is InChI=1S/C15H20N4OS/c1-3-4-13-17-18-15(21)19(13)10-14(20)16-9-12-7-5-11(2)6-8-12/h5-8H,3-4,9-10H2,1-2H3,(H,16,20)(H,18,21). The van der Waals surface area contributed by atoms with Crippen molar-refractivity contribution in [1.29, 1.82) is 0 Å². The number of hydrogen-bond donors (Lipinski definition) is 2. The monoisotopic (exact) mass is 304 g/mol. The number of nitrogens with one attached hydrogen (secondary N) is 2. The number of rotatable bonds is 6. The lowest BCUT2D eigenvalue weighted by molar-refractivity contribution is -0.121. The number of H-pyrrole nitrogens is 1. The Hall–Kier alpha value is -1.95. The Morgan fingerprint density at radius 1 is 1.38 bits per heavy atom. The maximum atomic E-state index is 12.0. The summed E-state index contributed by atoms with van der Waals surface area (Å²) in [5.74, 6) is 0.762. The van der Waals surface area contributed by atoms with Crippen LogP contribution in [-0.2, 0) is 24.3 Å². The zero-order chi connectivity index (χ0) is 15.2. The number of carbonyl (C=O) groups is 1. The molecule has 0 unspecified atom stereocenters. The first-order chi connectivity index (χ1) is 10.1. The lowest BCUT2D eigenvalue weighted by Gasteiger charge is -2.08. The van der Waals surface area contributed by atoms with Crippen LogP contribution in [-0.4, -0.2) is 20.7 Å². The molecule has 21 heavy (non-hydrogen) atoms. The summed E-state index contributed by atoms with van der Waals surface area (Å²) in [7, 11) is 0. The van der Waals surface area contributed by atoms with E-state index in [0.29, 0.717) is 11.3 Å². The number of aromatic nitrogens is 3. The van der Waals surface area contributed by atoms with Gasteiger partial charge in [-0.05, 0) is 31.1 Å². The van der Waals surface area contributed by atoms with Gasteiger partial charge in [0.05, 0.1) is 0 Å². The average Bonchev–Trinajstić information content (AvgIpc) is 2.80. The number of nitrogens with zero attached hydrogens (tertiary/aromatic N) is 2. The zero-order valence-electron chi connectivity index (χ0n) is 12.3. The van der Waals surface area contributed by atoms with Crippen LogP contribution < -0.4 is 5.32 Å². The molecule has 2 aromatic rings. The molecule has 1 amide bonds. The second kappa shape index (κ2) is 7.17. The molecule has 1 heterocycles. The Labute approximate surface area is 129 Å². The predicted molar refractivity (Wildman–Crippen MR) is 84.4 cm³/mol. The van der Waals surface area contributed by atoms with Crippen molar-refractivity contribution in [2.45, 2.75) is 39.8 Å². The van der Waals surface area contributed by atoms with Crippen LogP contribution in [0.15, 0.2) is 24.3 Å². The van der Waals surface area contributed by atoms with Crippen LogP contribution >= 0.6 is 12.2 Å². The minimum Gasteiger partial charge on any atom is -0.350 e. The van der Waals surface area contributed by atoms with Gasteiger partial charge in [-0.15, -0.1) is 0 Å². The molecule has 0 bridgehead atoms. The van der Waals surface area contributed by atoms with E-state index in [1.165, 1.54) is 5.56 Å². The summed E-state index contributed by atoms with van der Waals surface area (Å²) in [6, 6.07) is 8.10. The van der Waals surface area contributed by atoms with E-state index < -0.39 is 0 Å². The maximum Gasteiger partial charge on any atom is 0.240 e. The molecule has 2 N–H and O–H groups in total. The molecule has 0 aliphatic rings. The molecule has 0 aliphatic heterocycles. The van der Waals surface area contributed by atoms with Crippen LogP contribution in [0.25, 0.3) is 0 Å². The van der Waals surface area contributed by atoms with Gasteiger partial charge >= 0.3 is 0 Å². The molecule has 112 valence electrons. The van der Waals surface area contributed by atoms with E-state index >= 15 is 0 Å². The molecule has 0 fully saturated rings. The molecule has 0 aliphatic carbocycles. The van der Waals surface area contributed by atoms with Crippen molar-refractivity contribution < 1.29 is 4.79 Å². The topological polar surface area (TPSA) is 62.7 Å². The van der Waals surface area contributed by atoms with Gasteiger partial charge < -0.3 is 5.32 Å². The first-order valence-electron chi connectivity index (χ1n) is 7.06. The van der Waals surface area contributed by atoms with E-state index in [-0.39, 0.29) is 12.5 Å². The molecule has 1 aromatic carbocycles. The number of benzene rings is 1. The van der Waals surface area contributed by atoms with Gasteiger partial charge in [0.2, 0.25) is 5.91 Å². The summed E-state index contributed by atoms with van der Waals surface area (Å²) < 4.78 is 2.24. The minimum atomic E-state index is -0.0644. The van der Waals surface area contributed by atoms with E-state index in [1.54, 1.807) is 4.57 Å². The highest BCUT2D eigenvalue weighted by Crippen LogP contribution is 2.04. The molecule has 1 aromatic heterocycles. The van der Waals surface area contributed by atoms with Gasteiger partial charge in [0.15, 0.2) is 4.77 Å². The smallest absolute Gasteiger partial charge is 0.240 e. The molecule has 5 nitrogen and oxygen atoms in total. The summed E-state index contributed by atoms with van der Waals surface area (Å²) in [5.41, 5.74) is 2.29. The normalized spacial score (nSPS) is 10.6. The average molecular weight is 304 g/mol. The molecular formula is C15H20N4OS. The van der Waals surface area contributed by atoms with Gasteiger partial charge in [-0.25, -0.2) is 0 Å². The SMILES string of the molecule is CCCc1n[nH]c(=S)n1CC(=O)NCc1ccc(C)cc1. The van der Waals surface area contributed by atoms with Crippen LogP contribution in [0.3, 0.4) is 0 Å². The van der Waals surface area contributed by atoms with Crippen LogP contribution in [0.1, 0.15) is 30.3 Å². The second-order valence-corrected chi connectivity index (χ2v) is 5.43. The van der Waals surface area contributed by atoms with Crippen LogP contribution in [0.4, 0.5) is 0 Å². The summed E-state index contributed by atoms with van der Waals surface area (Å²) in [6.07, 6.45) is 1.77. The molecule has 0 atom stereocenters. The molecule has 0 spiro atoms.